The Morgan fingerprint density at radius 3 is 2.37 bits per heavy atom. The van der Waals surface area contributed by atoms with Crippen LogP contribution in [0.2, 0.25) is 0 Å². The summed E-state index contributed by atoms with van der Waals surface area (Å²) in [4.78, 5) is 15.4. The lowest BCUT2D eigenvalue weighted by Crippen LogP contribution is -2.03. The van der Waals surface area contributed by atoms with Crippen LogP contribution in [-0.4, -0.2) is 34.6 Å². The van der Waals surface area contributed by atoms with E-state index in [-0.39, 0.29) is 5.03 Å². The van der Waals surface area contributed by atoms with Gasteiger partial charge in [0.25, 0.3) is 0 Å². The van der Waals surface area contributed by atoms with Crippen LogP contribution in [-0.2, 0) is 9.84 Å². The van der Waals surface area contributed by atoms with Crippen LogP contribution < -0.4 is 5.32 Å². The van der Waals surface area contributed by atoms with Crippen molar-refractivity contribution in [1.29, 1.82) is 0 Å². The van der Waals surface area contributed by atoms with Crippen LogP contribution in [0.1, 0.15) is 13.8 Å². The van der Waals surface area contributed by atoms with E-state index in [9.17, 15) is 8.42 Å². The fourth-order valence-electron chi connectivity index (χ4n) is 1.11. The highest BCUT2D eigenvalue weighted by Crippen LogP contribution is 2.13. The Balaban J connectivity index is 0.000000861. The molecule has 0 atom stereocenters. The largest absolute Gasteiger partial charge is 0.324 e. The van der Waals surface area contributed by atoms with E-state index in [2.05, 4.69) is 25.3 Å². The Kier molecular flexibility index (Phi) is 5.31. The van der Waals surface area contributed by atoms with Crippen molar-refractivity contribution in [2.24, 2.45) is 0 Å². The molecule has 0 saturated heterocycles. The maximum atomic E-state index is 11.3. The first-order chi connectivity index (χ1) is 9.05. The number of hydrogen-bond donors (Lipinski definition) is 1. The lowest BCUT2D eigenvalue weighted by atomic mass is 10.5. The minimum atomic E-state index is -3.34. The first kappa shape index (κ1) is 15.0. The molecule has 7 nitrogen and oxygen atoms in total. The highest BCUT2D eigenvalue weighted by atomic mass is 32.2. The third kappa shape index (κ3) is 4.59. The van der Waals surface area contributed by atoms with E-state index in [4.69, 9.17) is 0 Å². The molecule has 19 heavy (non-hydrogen) atoms. The lowest BCUT2D eigenvalue weighted by Gasteiger charge is -2.04. The number of hydrogen-bond acceptors (Lipinski definition) is 7. The van der Waals surface area contributed by atoms with Gasteiger partial charge >= 0.3 is 0 Å². The summed E-state index contributed by atoms with van der Waals surface area (Å²) in [5, 5.41) is 2.78. The monoisotopic (exact) mass is 281 g/mol. The van der Waals surface area contributed by atoms with E-state index in [0.717, 1.165) is 6.26 Å². The van der Waals surface area contributed by atoms with Gasteiger partial charge < -0.3 is 5.32 Å². The summed E-state index contributed by atoms with van der Waals surface area (Å²) < 4.78 is 22.6. The van der Waals surface area contributed by atoms with Gasteiger partial charge in [-0.2, -0.15) is 0 Å². The SMILES string of the molecule is CC.CS(=O)(=O)c1cc(Nc2cnccn2)ncn1. The molecule has 2 heterocycles. The zero-order valence-electron chi connectivity index (χ0n) is 10.9. The summed E-state index contributed by atoms with van der Waals surface area (Å²) in [6.45, 7) is 4.00. The average Bonchev–Trinajstić information content (AvgIpc) is 2.41. The first-order valence-electron chi connectivity index (χ1n) is 5.61. The minimum absolute atomic E-state index is 0.0427. The molecule has 0 aliphatic heterocycles. The Hall–Kier alpha value is -2.09. The standard InChI is InChI=1S/C9H9N5O2S.C2H6/c1-17(15,16)9-4-7(12-6-13-9)14-8-5-10-2-3-11-8;1-2/h2-6H,1H3,(H,11,12,13,14);1-2H3. The number of nitrogens with zero attached hydrogens (tertiary/aromatic N) is 4. The Labute approximate surface area is 112 Å². The molecule has 0 saturated carbocycles. The maximum absolute atomic E-state index is 11.3. The number of anilines is 2. The second-order valence-corrected chi connectivity index (χ2v) is 5.19. The Bertz CT molecular complexity index is 616. The van der Waals surface area contributed by atoms with E-state index in [0.29, 0.717) is 11.6 Å². The molecule has 102 valence electrons. The topological polar surface area (TPSA) is 97.7 Å². The molecule has 0 amide bonds. The van der Waals surface area contributed by atoms with E-state index in [1.807, 2.05) is 13.8 Å². The smallest absolute Gasteiger partial charge is 0.192 e. The highest BCUT2D eigenvalue weighted by molar-refractivity contribution is 7.90. The summed E-state index contributed by atoms with van der Waals surface area (Å²) in [5.74, 6) is 0.826. The number of nitrogens with one attached hydrogen (secondary N) is 1. The second-order valence-electron chi connectivity index (χ2n) is 3.23. The quantitative estimate of drug-likeness (QED) is 0.850. The molecule has 2 rings (SSSR count). The molecule has 2 aromatic rings. The van der Waals surface area contributed by atoms with Crippen molar-refractivity contribution in [3.8, 4) is 0 Å². The van der Waals surface area contributed by atoms with Crippen molar-refractivity contribution >= 4 is 21.5 Å². The number of aromatic nitrogens is 4. The molecule has 0 fully saturated rings. The van der Waals surface area contributed by atoms with Crippen molar-refractivity contribution in [3.63, 3.8) is 0 Å². The van der Waals surface area contributed by atoms with Crippen molar-refractivity contribution in [3.05, 3.63) is 31.0 Å². The van der Waals surface area contributed by atoms with Crippen LogP contribution in [0, 0.1) is 0 Å². The zero-order valence-corrected chi connectivity index (χ0v) is 11.7. The molecule has 1 N–H and O–H groups in total. The van der Waals surface area contributed by atoms with Crippen LogP contribution in [0.15, 0.2) is 36.0 Å². The zero-order chi connectivity index (χ0) is 14.3. The molecule has 2 aromatic heterocycles. The molecular weight excluding hydrogens is 266 g/mol. The Morgan fingerprint density at radius 2 is 1.79 bits per heavy atom. The van der Waals surface area contributed by atoms with E-state index in [1.165, 1.54) is 31.0 Å². The van der Waals surface area contributed by atoms with Gasteiger partial charge in [0.1, 0.15) is 18.0 Å². The summed E-state index contributed by atoms with van der Waals surface area (Å²) in [6.07, 6.45) is 6.81. The van der Waals surface area contributed by atoms with Gasteiger partial charge in [-0.15, -0.1) is 0 Å². The molecule has 0 aliphatic rings. The number of rotatable bonds is 3. The van der Waals surface area contributed by atoms with Crippen molar-refractivity contribution < 1.29 is 8.42 Å². The highest BCUT2D eigenvalue weighted by Gasteiger charge is 2.10. The minimum Gasteiger partial charge on any atom is -0.324 e. The molecule has 0 aromatic carbocycles. The molecular formula is C11H15N5O2S. The second kappa shape index (κ2) is 6.74. The van der Waals surface area contributed by atoms with Crippen LogP contribution in [0.4, 0.5) is 11.6 Å². The van der Waals surface area contributed by atoms with Gasteiger partial charge in [-0.3, -0.25) is 4.98 Å². The predicted octanol–water partition coefficient (Wildman–Crippen LogP) is 1.44. The fraction of sp³-hybridized carbons (Fsp3) is 0.273. The van der Waals surface area contributed by atoms with Gasteiger partial charge in [0.15, 0.2) is 14.9 Å². The van der Waals surface area contributed by atoms with Gasteiger partial charge in [-0.1, -0.05) is 13.8 Å². The third-order valence-corrected chi connectivity index (χ3v) is 2.82. The molecule has 0 aliphatic carbocycles. The van der Waals surface area contributed by atoms with Crippen molar-refractivity contribution in [2.45, 2.75) is 18.9 Å². The number of sulfone groups is 1. The van der Waals surface area contributed by atoms with E-state index >= 15 is 0 Å². The summed E-state index contributed by atoms with van der Waals surface area (Å²) in [5.41, 5.74) is 0. The lowest BCUT2D eigenvalue weighted by molar-refractivity contribution is 0.598. The fourth-order valence-corrected chi connectivity index (χ4v) is 1.67. The summed E-state index contributed by atoms with van der Waals surface area (Å²) in [7, 11) is -3.34. The molecule has 8 heteroatoms. The average molecular weight is 281 g/mol. The van der Waals surface area contributed by atoms with Gasteiger partial charge in [-0.25, -0.2) is 23.4 Å². The normalized spacial score (nSPS) is 10.3. The summed E-state index contributed by atoms with van der Waals surface area (Å²) in [6, 6.07) is 1.34. The van der Waals surface area contributed by atoms with Crippen LogP contribution in [0.3, 0.4) is 0 Å². The van der Waals surface area contributed by atoms with Gasteiger partial charge in [-0.05, 0) is 0 Å². The Morgan fingerprint density at radius 1 is 1.05 bits per heavy atom. The van der Waals surface area contributed by atoms with Gasteiger partial charge in [0.05, 0.1) is 6.20 Å². The molecule has 0 unspecified atom stereocenters. The summed E-state index contributed by atoms with van der Waals surface area (Å²) >= 11 is 0. The molecule has 0 bridgehead atoms. The first-order valence-corrected chi connectivity index (χ1v) is 7.50. The van der Waals surface area contributed by atoms with Crippen molar-refractivity contribution in [2.75, 3.05) is 11.6 Å². The van der Waals surface area contributed by atoms with Crippen LogP contribution in [0.25, 0.3) is 0 Å². The van der Waals surface area contributed by atoms with E-state index in [1.54, 1.807) is 0 Å². The van der Waals surface area contributed by atoms with E-state index < -0.39 is 9.84 Å². The van der Waals surface area contributed by atoms with Crippen LogP contribution >= 0.6 is 0 Å². The van der Waals surface area contributed by atoms with Crippen molar-refractivity contribution in [1.82, 2.24) is 19.9 Å². The predicted molar refractivity (Wildman–Crippen MR) is 71.8 cm³/mol. The maximum Gasteiger partial charge on any atom is 0.192 e. The van der Waals surface area contributed by atoms with Gasteiger partial charge in [0, 0.05) is 24.7 Å². The molecule has 0 spiro atoms. The van der Waals surface area contributed by atoms with Gasteiger partial charge in [0.2, 0.25) is 0 Å². The molecule has 0 radical (unpaired) electrons. The van der Waals surface area contributed by atoms with Crippen LogP contribution in [0.5, 0.6) is 0 Å². The third-order valence-electron chi connectivity index (χ3n) is 1.84.